The summed E-state index contributed by atoms with van der Waals surface area (Å²) in [6.07, 6.45) is 5.38. The standard InChI is InChI=1S/C10H16N4O/c11-5-2-1-3-10(15)13-7-9-4-6-12-8-14-9/h4,6,8H,1-3,5,7,11H2,(H,13,15). The van der Waals surface area contributed by atoms with Gasteiger partial charge in [-0.25, -0.2) is 9.97 Å². The Morgan fingerprint density at radius 1 is 1.47 bits per heavy atom. The summed E-state index contributed by atoms with van der Waals surface area (Å²) in [6.45, 7) is 1.10. The van der Waals surface area contributed by atoms with Gasteiger partial charge in [-0.3, -0.25) is 4.79 Å². The van der Waals surface area contributed by atoms with Crippen molar-refractivity contribution in [2.45, 2.75) is 25.8 Å². The van der Waals surface area contributed by atoms with Crippen LogP contribution in [0.5, 0.6) is 0 Å². The molecule has 15 heavy (non-hydrogen) atoms. The summed E-state index contributed by atoms with van der Waals surface area (Å²) in [6, 6.07) is 1.78. The molecule has 1 aromatic rings. The molecule has 0 spiro atoms. The van der Waals surface area contributed by atoms with Crippen LogP contribution in [0.2, 0.25) is 0 Å². The van der Waals surface area contributed by atoms with Crippen LogP contribution in [0.3, 0.4) is 0 Å². The number of nitrogens with two attached hydrogens (primary N) is 1. The molecule has 1 aromatic heterocycles. The fourth-order valence-electron chi connectivity index (χ4n) is 1.13. The lowest BCUT2D eigenvalue weighted by Crippen LogP contribution is -2.23. The van der Waals surface area contributed by atoms with Gasteiger partial charge in [-0.05, 0) is 25.5 Å². The van der Waals surface area contributed by atoms with Gasteiger partial charge >= 0.3 is 0 Å². The summed E-state index contributed by atoms with van der Waals surface area (Å²) in [5.41, 5.74) is 6.15. The lowest BCUT2D eigenvalue weighted by Gasteiger charge is -2.03. The van der Waals surface area contributed by atoms with Crippen molar-refractivity contribution in [1.82, 2.24) is 15.3 Å². The van der Waals surface area contributed by atoms with E-state index in [4.69, 9.17) is 5.73 Å². The van der Waals surface area contributed by atoms with Crippen molar-refractivity contribution in [3.63, 3.8) is 0 Å². The molecule has 3 N–H and O–H groups in total. The zero-order valence-electron chi connectivity index (χ0n) is 8.65. The molecule has 5 heteroatoms. The molecule has 1 rings (SSSR count). The molecule has 0 radical (unpaired) electrons. The van der Waals surface area contributed by atoms with Crippen LogP contribution >= 0.6 is 0 Å². The van der Waals surface area contributed by atoms with E-state index in [1.807, 2.05) is 0 Å². The van der Waals surface area contributed by atoms with Crippen molar-refractivity contribution in [3.05, 3.63) is 24.3 Å². The number of rotatable bonds is 6. The quantitative estimate of drug-likeness (QED) is 0.655. The number of carbonyl (C=O) groups excluding carboxylic acids is 1. The molecule has 0 aliphatic carbocycles. The number of amides is 1. The van der Waals surface area contributed by atoms with E-state index in [-0.39, 0.29) is 5.91 Å². The minimum absolute atomic E-state index is 0.0436. The van der Waals surface area contributed by atoms with Crippen molar-refractivity contribution >= 4 is 5.91 Å². The Morgan fingerprint density at radius 2 is 2.33 bits per heavy atom. The molecule has 0 atom stereocenters. The summed E-state index contributed by atoms with van der Waals surface area (Å²) >= 11 is 0. The van der Waals surface area contributed by atoms with Crippen LogP contribution in [0.1, 0.15) is 25.0 Å². The van der Waals surface area contributed by atoms with Gasteiger partial charge in [0.25, 0.3) is 0 Å². The lowest BCUT2D eigenvalue weighted by molar-refractivity contribution is -0.121. The summed E-state index contributed by atoms with van der Waals surface area (Å²) < 4.78 is 0. The van der Waals surface area contributed by atoms with E-state index < -0.39 is 0 Å². The smallest absolute Gasteiger partial charge is 0.220 e. The molecule has 0 fully saturated rings. The van der Waals surface area contributed by atoms with E-state index in [1.165, 1.54) is 6.33 Å². The van der Waals surface area contributed by atoms with E-state index >= 15 is 0 Å². The van der Waals surface area contributed by atoms with Gasteiger partial charge in [0, 0.05) is 12.6 Å². The SMILES string of the molecule is NCCCCC(=O)NCc1ccncn1. The maximum atomic E-state index is 11.3. The van der Waals surface area contributed by atoms with E-state index in [0.717, 1.165) is 18.5 Å². The molecule has 5 nitrogen and oxygen atoms in total. The van der Waals surface area contributed by atoms with Gasteiger partial charge in [-0.15, -0.1) is 0 Å². The normalized spacial score (nSPS) is 9.93. The minimum atomic E-state index is 0.0436. The van der Waals surface area contributed by atoms with Gasteiger partial charge in [-0.2, -0.15) is 0 Å². The van der Waals surface area contributed by atoms with E-state index in [1.54, 1.807) is 12.3 Å². The Balaban J connectivity index is 2.17. The number of nitrogens with zero attached hydrogens (tertiary/aromatic N) is 2. The third-order valence-corrected chi connectivity index (χ3v) is 1.97. The van der Waals surface area contributed by atoms with Gasteiger partial charge in [0.15, 0.2) is 0 Å². The number of hydrogen-bond donors (Lipinski definition) is 2. The maximum Gasteiger partial charge on any atom is 0.220 e. The van der Waals surface area contributed by atoms with Crippen LogP contribution in [0.25, 0.3) is 0 Å². The number of aromatic nitrogens is 2. The van der Waals surface area contributed by atoms with Gasteiger partial charge in [0.1, 0.15) is 6.33 Å². The first kappa shape index (κ1) is 11.6. The predicted molar refractivity (Wildman–Crippen MR) is 56.8 cm³/mol. The third-order valence-electron chi connectivity index (χ3n) is 1.97. The van der Waals surface area contributed by atoms with Crippen molar-refractivity contribution < 1.29 is 4.79 Å². The van der Waals surface area contributed by atoms with Crippen molar-refractivity contribution in [2.75, 3.05) is 6.54 Å². The Bertz CT molecular complexity index is 289. The second-order valence-corrected chi connectivity index (χ2v) is 3.22. The Hall–Kier alpha value is -1.49. The Labute approximate surface area is 89.1 Å². The van der Waals surface area contributed by atoms with E-state index in [2.05, 4.69) is 15.3 Å². The van der Waals surface area contributed by atoms with Crippen molar-refractivity contribution in [1.29, 1.82) is 0 Å². The molecular formula is C10H16N4O. The second kappa shape index (κ2) is 6.89. The monoisotopic (exact) mass is 208 g/mol. The summed E-state index contributed by atoms with van der Waals surface area (Å²) in [4.78, 5) is 19.1. The van der Waals surface area contributed by atoms with Crippen LogP contribution in [0.15, 0.2) is 18.6 Å². The highest BCUT2D eigenvalue weighted by Crippen LogP contribution is 1.95. The number of hydrogen-bond acceptors (Lipinski definition) is 4. The van der Waals surface area contributed by atoms with Gasteiger partial charge in [-0.1, -0.05) is 0 Å². The van der Waals surface area contributed by atoms with Gasteiger partial charge in [0.2, 0.25) is 5.91 Å². The predicted octanol–water partition coefficient (Wildman–Crippen LogP) is 0.222. The highest BCUT2D eigenvalue weighted by atomic mass is 16.1. The van der Waals surface area contributed by atoms with Gasteiger partial charge in [0.05, 0.1) is 12.2 Å². The van der Waals surface area contributed by atoms with Crippen LogP contribution in [0.4, 0.5) is 0 Å². The summed E-state index contributed by atoms with van der Waals surface area (Å²) in [7, 11) is 0. The maximum absolute atomic E-state index is 11.3. The number of unbranched alkanes of at least 4 members (excludes halogenated alkanes) is 1. The molecule has 0 aliphatic rings. The van der Waals surface area contributed by atoms with E-state index in [9.17, 15) is 4.79 Å². The van der Waals surface area contributed by atoms with Crippen LogP contribution < -0.4 is 11.1 Å². The summed E-state index contributed by atoms with van der Waals surface area (Å²) in [5.74, 6) is 0.0436. The molecule has 0 saturated heterocycles. The fourth-order valence-corrected chi connectivity index (χ4v) is 1.13. The molecule has 82 valence electrons. The van der Waals surface area contributed by atoms with Gasteiger partial charge < -0.3 is 11.1 Å². The Morgan fingerprint density at radius 3 is 3.00 bits per heavy atom. The molecule has 0 unspecified atom stereocenters. The van der Waals surface area contributed by atoms with E-state index in [0.29, 0.717) is 19.5 Å². The fraction of sp³-hybridized carbons (Fsp3) is 0.500. The average Bonchev–Trinajstić information content (AvgIpc) is 2.28. The first-order valence-corrected chi connectivity index (χ1v) is 5.04. The van der Waals surface area contributed by atoms with Crippen LogP contribution in [-0.2, 0) is 11.3 Å². The Kier molecular flexibility index (Phi) is 5.32. The second-order valence-electron chi connectivity index (χ2n) is 3.22. The zero-order valence-corrected chi connectivity index (χ0v) is 8.65. The minimum Gasteiger partial charge on any atom is -0.350 e. The highest BCUT2D eigenvalue weighted by Gasteiger charge is 2.00. The molecule has 0 aliphatic heterocycles. The highest BCUT2D eigenvalue weighted by molar-refractivity contribution is 5.75. The largest absolute Gasteiger partial charge is 0.350 e. The molecular weight excluding hydrogens is 192 g/mol. The number of carbonyl (C=O) groups is 1. The van der Waals surface area contributed by atoms with Crippen molar-refractivity contribution in [2.24, 2.45) is 5.73 Å². The first-order chi connectivity index (χ1) is 7.33. The summed E-state index contributed by atoms with van der Waals surface area (Å²) in [5, 5.41) is 2.79. The molecule has 0 aromatic carbocycles. The molecule has 0 bridgehead atoms. The van der Waals surface area contributed by atoms with Crippen molar-refractivity contribution in [3.8, 4) is 0 Å². The average molecular weight is 208 g/mol. The van der Waals surface area contributed by atoms with Crippen LogP contribution in [0, 0.1) is 0 Å². The zero-order chi connectivity index (χ0) is 10.9. The molecule has 1 heterocycles. The molecule has 0 saturated carbocycles. The lowest BCUT2D eigenvalue weighted by atomic mass is 10.2. The molecule has 1 amide bonds. The third kappa shape index (κ3) is 5.07. The number of nitrogens with one attached hydrogen (secondary N) is 1. The first-order valence-electron chi connectivity index (χ1n) is 5.04. The topological polar surface area (TPSA) is 80.9 Å². The van der Waals surface area contributed by atoms with Crippen LogP contribution in [-0.4, -0.2) is 22.4 Å².